The molecule has 0 aliphatic carbocycles. The predicted octanol–water partition coefficient (Wildman–Crippen LogP) is 2.76. The molecule has 0 spiro atoms. The van der Waals surface area contributed by atoms with E-state index in [1.54, 1.807) is 0 Å². The third-order valence-corrected chi connectivity index (χ3v) is 3.09. The van der Waals surface area contributed by atoms with Crippen molar-refractivity contribution < 1.29 is 4.74 Å². The standard InChI is InChI=1S/C13H19NO/c1-3-15-12-7-5-4-6-11(12)13-10(2)8-9-14-13/h4-7,10,13-14H,3,8-9H2,1-2H3/t10-,13-/m0/s1. The Morgan fingerprint density at radius 3 is 2.87 bits per heavy atom. The fourth-order valence-electron chi connectivity index (χ4n) is 2.28. The summed E-state index contributed by atoms with van der Waals surface area (Å²) in [6.45, 7) is 6.18. The summed E-state index contributed by atoms with van der Waals surface area (Å²) in [5.74, 6) is 1.73. The minimum atomic E-state index is 0.466. The molecule has 1 heterocycles. The number of rotatable bonds is 3. The fraction of sp³-hybridized carbons (Fsp3) is 0.538. The molecule has 0 bridgehead atoms. The second-order valence-electron chi connectivity index (χ2n) is 4.17. The molecule has 0 saturated carbocycles. The maximum Gasteiger partial charge on any atom is 0.124 e. The van der Waals surface area contributed by atoms with Crippen LogP contribution < -0.4 is 10.1 Å². The molecule has 0 radical (unpaired) electrons. The van der Waals surface area contributed by atoms with E-state index in [1.165, 1.54) is 12.0 Å². The Kier molecular flexibility index (Phi) is 3.27. The van der Waals surface area contributed by atoms with Crippen LogP contribution in [0.1, 0.15) is 31.9 Å². The second kappa shape index (κ2) is 4.67. The van der Waals surface area contributed by atoms with Crippen molar-refractivity contribution in [1.82, 2.24) is 5.32 Å². The highest BCUT2D eigenvalue weighted by Gasteiger charge is 2.26. The largest absolute Gasteiger partial charge is 0.494 e. The summed E-state index contributed by atoms with van der Waals surface area (Å²) in [4.78, 5) is 0. The summed E-state index contributed by atoms with van der Waals surface area (Å²) in [6, 6.07) is 8.82. The molecule has 0 amide bonds. The normalized spacial score (nSPS) is 25.5. The van der Waals surface area contributed by atoms with Crippen LogP contribution in [0.4, 0.5) is 0 Å². The van der Waals surface area contributed by atoms with Gasteiger partial charge in [-0.2, -0.15) is 0 Å². The molecule has 1 aromatic carbocycles. The van der Waals surface area contributed by atoms with Gasteiger partial charge in [0.15, 0.2) is 0 Å². The average molecular weight is 205 g/mol. The Hall–Kier alpha value is -1.02. The summed E-state index contributed by atoms with van der Waals surface area (Å²) in [6.07, 6.45) is 1.26. The zero-order valence-corrected chi connectivity index (χ0v) is 9.49. The van der Waals surface area contributed by atoms with Gasteiger partial charge in [-0.05, 0) is 31.9 Å². The molecular formula is C13H19NO. The average Bonchev–Trinajstić information content (AvgIpc) is 2.66. The topological polar surface area (TPSA) is 21.3 Å². The SMILES string of the molecule is CCOc1ccccc1[C@H]1NCC[C@@H]1C. The Bertz CT molecular complexity index is 324. The van der Waals surface area contributed by atoms with Crippen molar-refractivity contribution in [3.05, 3.63) is 29.8 Å². The molecule has 1 aliphatic rings. The highest BCUT2D eigenvalue weighted by atomic mass is 16.5. The van der Waals surface area contributed by atoms with Crippen LogP contribution in [0.15, 0.2) is 24.3 Å². The molecule has 2 heteroatoms. The van der Waals surface area contributed by atoms with E-state index in [-0.39, 0.29) is 0 Å². The Morgan fingerprint density at radius 2 is 2.20 bits per heavy atom. The van der Waals surface area contributed by atoms with E-state index in [0.29, 0.717) is 12.0 Å². The quantitative estimate of drug-likeness (QED) is 0.819. The molecule has 0 aromatic heterocycles. The smallest absolute Gasteiger partial charge is 0.124 e. The fourth-order valence-corrected chi connectivity index (χ4v) is 2.28. The zero-order valence-electron chi connectivity index (χ0n) is 9.49. The van der Waals surface area contributed by atoms with E-state index in [1.807, 2.05) is 13.0 Å². The first kappa shape index (κ1) is 10.5. The van der Waals surface area contributed by atoms with Gasteiger partial charge in [0.05, 0.1) is 6.61 Å². The monoisotopic (exact) mass is 205 g/mol. The second-order valence-corrected chi connectivity index (χ2v) is 4.17. The van der Waals surface area contributed by atoms with Gasteiger partial charge < -0.3 is 10.1 Å². The summed E-state index contributed by atoms with van der Waals surface area (Å²) in [5, 5.41) is 3.54. The van der Waals surface area contributed by atoms with Gasteiger partial charge in [0, 0.05) is 11.6 Å². The molecule has 1 aliphatic heterocycles. The number of benzene rings is 1. The summed E-state index contributed by atoms with van der Waals surface area (Å²) >= 11 is 0. The minimum absolute atomic E-state index is 0.466. The molecule has 1 N–H and O–H groups in total. The van der Waals surface area contributed by atoms with Crippen LogP contribution in [0.25, 0.3) is 0 Å². The highest BCUT2D eigenvalue weighted by molar-refractivity contribution is 5.36. The third kappa shape index (κ3) is 2.15. The van der Waals surface area contributed by atoms with E-state index in [2.05, 4.69) is 30.4 Å². The van der Waals surface area contributed by atoms with Gasteiger partial charge in [0.1, 0.15) is 5.75 Å². The van der Waals surface area contributed by atoms with Crippen LogP contribution in [-0.2, 0) is 0 Å². The molecule has 2 atom stereocenters. The van der Waals surface area contributed by atoms with E-state index >= 15 is 0 Å². The van der Waals surface area contributed by atoms with E-state index in [0.717, 1.165) is 18.9 Å². The Labute approximate surface area is 91.6 Å². The maximum absolute atomic E-state index is 5.66. The van der Waals surface area contributed by atoms with Crippen molar-refractivity contribution in [3.63, 3.8) is 0 Å². The van der Waals surface area contributed by atoms with Gasteiger partial charge >= 0.3 is 0 Å². The van der Waals surface area contributed by atoms with Crippen LogP contribution in [-0.4, -0.2) is 13.2 Å². The Morgan fingerprint density at radius 1 is 1.40 bits per heavy atom. The molecule has 82 valence electrons. The molecule has 2 nitrogen and oxygen atoms in total. The van der Waals surface area contributed by atoms with Crippen LogP contribution in [0, 0.1) is 5.92 Å². The number of hydrogen-bond donors (Lipinski definition) is 1. The number of ether oxygens (including phenoxy) is 1. The predicted molar refractivity (Wildman–Crippen MR) is 62.1 cm³/mol. The van der Waals surface area contributed by atoms with Gasteiger partial charge in [-0.15, -0.1) is 0 Å². The molecular weight excluding hydrogens is 186 g/mol. The van der Waals surface area contributed by atoms with Gasteiger partial charge in [-0.1, -0.05) is 25.1 Å². The molecule has 1 fully saturated rings. The van der Waals surface area contributed by atoms with Crippen molar-refractivity contribution >= 4 is 0 Å². The first-order chi connectivity index (χ1) is 7.33. The van der Waals surface area contributed by atoms with Crippen LogP contribution in [0.5, 0.6) is 5.75 Å². The van der Waals surface area contributed by atoms with Crippen molar-refractivity contribution in [3.8, 4) is 5.75 Å². The van der Waals surface area contributed by atoms with Gasteiger partial charge in [0.2, 0.25) is 0 Å². The van der Waals surface area contributed by atoms with Crippen molar-refractivity contribution in [2.45, 2.75) is 26.3 Å². The Balaban J connectivity index is 2.25. The van der Waals surface area contributed by atoms with Crippen LogP contribution in [0.3, 0.4) is 0 Å². The molecule has 15 heavy (non-hydrogen) atoms. The number of para-hydroxylation sites is 1. The van der Waals surface area contributed by atoms with Crippen molar-refractivity contribution in [2.24, 2.45) is 5.92 Å². The lowest BCUT2D eigenvalue weighted by Crippen LogP contribution is -2.17. The summed E-state index contributed by atoms with van der Waals surface area (Å²) < 4.78 is 5.66. The van der Waals surface area contributed by atoms with Gasteiger partial charge in [-0.3, -0.25) is 0 Å². The van der Waals surface area contributed by atoms with Gasteiger partial charge in [0.25, 0.3) is 0 Å². The third-order valence-electron chi connectivity index (χ3n) is 3.09. The lowest BCUT2D eigenvalue weighted by atomic mass is 9.95. The molecule has 1 aromatic rings. The van der Waals surface area contributed by atoms with E-state index < -0.39 is 0 Å². The van der Waals surface area contributed by atoms with E-state index in [4.69, 9.17) is 4.74 Å². The maximum atomic E-state index is 5.66. The minimum Gasteiger partial charge on any atom is -0.494 e. The summed E-state index contributed by atoms with van der Waals surface area (Å²) in [5.41, 5.74) is 1.31. The molecule has 2 rings (SSSR count). The number of nitrogens with one attached hydrogen (secondary N) is 1. The summed E-state index contributed by atoms with van der Waals surface area (Å²) in [7, 11) is 0. The van der Waals surface area contributed by atoms with Gasteiger partial charge in [-0.25, -0.2) is 0 Å². The molecule has 0 unspecified atom stereocenters. The first-order valence-corrected chi connectivity index (χ1v) is 5.78. The lowest BCUT2D eigenvalue weighted by molar-refractivity contribution is 0.329. The van der Waals surface area contributed by atoms with Crippen molar-refractivity contribution in [1.29, 1.82) is 0 Å². The van der Waals surface area contributed by atoms with Crippen molar-refractivity contribution in [2.75, 3.05) is 13.2 Å². The van der Waals surface area contributed by atoms with Crippen LogP contribution >= 0.6 is 0 Å². The first-order valence-electron chi connectivity index (χ1n) is 5.78. The number of hydrogen-bond acceptors (Lipinski definition) is 2. The van der Waals surface area contributed by atoms with Crippen LogP contribution in [0.2, 0.25) is 0 Å². The van der Waals surface area contributed by atoms with E-state index in [9.17, 15) is 0 Å². The molecule has 1 saturated heterocycles. The lowest BCUT2D eigenvalue weighted by Gasteiger charge is -2.19. The zero-order chi connectivity index (χ0) is 10.7. The highest BCUT2D eigenvalue weighted by Crippen LogP contribution is 2.34.